The summed E-state index contributed by atoms with van der Waals surface area (Å²) in [5.41, 5.74) is 7.04. The largest absolute Gasteiger partial charge is 0.334 e. The Bertz CT molecular complexity index is 896. The summed E-state index contributed by atoms with van der Waals surface area (Å²) < 4.78 is 5.40. The van der Waals surface area contributed by atoms with Crippen LogP contribution in [0.3, 0.4) is 0 Å². The molecule has 0 radical (unpaired) electrons. The van der Waals surface area contributed by atoms with Crippen molar-refractivity contribution < 1.29 is 4.52 Å². The van der Waals surface area contributed by atoms with E-state index in [4.69, 9.17) is 10.3 Å². The summed E-state index contributed by atoms with van der Waals surface area (Å²) in [5, 5.41) is 4.93. The molecule has 120 valence electrons. The molecular formula is C16H17ClN4O2. The zero-order valence-electron chi connectivity index (χ0n) is 12.4. The summed E-state index contributed by atoms with van der Waals surface area (Å²) in [6.45, 7) is 0. The molecule has 3 N–H and O–H groups in total. The number of nitrogens with one attached hydrogen (secondary N) is 1. The predicted octanol–water partition coefficient (Wildman–Crippen LogP) is 2.73. The monoisotopic (exact) mass is 332 g/mol. The predicted molar refractivity (Wildman–Crippen MR) is 89.4 cm³/mol. The van der Waals surface area contributed by atoms with Gasteiger partial charge in [-0.05, 0) is 18.9 Å². The van der Waals surface area contributed by atoms with Crippen molar-refractivity contribution in [3.63, 3.8) is 0 Å². The Kier molecular flexibility index (Phi) is 3.95. The van der Waals surface area contributed by atoms with Crippen LogP contribution in [0.4, 0.5) is 0 Å². The van der Waals surface area contributed by atoms with E-state index >= 15 is 0 Å². The van der Waals surface area contributed by atoms with E-state index in [9.17, 15) is 4.79 Å². The normalized spacial score (nSPS) is 16.4. The Hall–Kier alpha value is -2.18. The average molecular weight is 333 g/mol. The van der Waals surface area contributed by atoms with Gasteiger partial charge in [-0.2, -0.15) is 4.98 Å². The molecule has 0 unspecified atom stereocenters. The van der Waals surface area contributed by atoms with Crippen LogP contribution in [0.2, 0.25) is 0 Å². The van der Waals surface area contributed by atoms with Crippen LogP contribution in [-0.4, -0.2) is 15.1 Å². The van der Waals surface area contributed by atoms with Gasteiger partial charge < -0.3 is 15.2 Å². The lowest BCUT2D eigenvalue weighted by molar-refractivity contribution is 0.373. The molecule has 23 heavy (non-hydrogen) atoms. The zero-order chi connectivity index (χ0) is 15.2. The van der Waals surface area contributed by atoms with Crippen molar-refractivity contribution in [3.05, 3.63) is 46.5 Å². The summed E-state index contributed by atoms with van der Waals surface area (Å²) in [4.78, 5) is 19.1. The maximum Gasteiger partial charge on any atom is 0.258 e. The van der Waals surface area contributed by atoms with Gasteiger partial charge in [0.1, 0.15) is 0 Å². The van der Waals surface area contributed by atoms with Gasteiger partial charge in [0, 0.05) is 17.0 Å². The summed E-state index contributed by atoms with van der Waals surface area (Å²) in [7, 11) is 0. The van der Waals surface area contributed by atoms with Crippen molar-refractivity contribution in [2.24, 2.45) is 5.73 Å². The maximum absolute atomic E-state index is 11.8. The van der Waals surface area contributed by atoms with E-state index < -0.39 is 5.54 Å². The van der Waals surface area contributed by atoms with Crippen LogP contribution >= 0.6 is 12.4 Å². The summed E-state index contributed by atoms with van der Waals surface area (Å²) >= 11 is 0. The molecule has 7 heteroatoms. The first-order valence-electron chi connectivity index (χ1n) is 7.41. The molecule has 1 saturated carbocycles. The van der Waals surface area contributed by atoms with Crippen molar-refractivity contribution >= 4 is 23.3 Å². The number of hydrogen-bond donors (Lipinski definition) is 2. The van der Waals surface area contributed by atoms with E-state index in [1.54, 1.807) is 0 Å². The first kappa shape index (κ1) is 15.7. The van der Waals surface area contributed by atoms with Gasteiger partial charge in [-0.3, -0.25) is 4.79 Å². The lowest BCUT2D eigenvalue weighted by Gasteiger charge is -2.17. The number of nitrogens with zero attached hydrogens (tertiary/aromatic N) is 2. The van der Waals surface area contributed by atoms with E-state index in [1.165, 1.54) is 6.07 Å². The van der Waals surface area contributed by atoms with Gasteiger partial charge in [0.05, 0.1) is 11.1 Å². The van der Waals surface area contributed by atoms with Crippen LogP contribution in [0.1, 0.15) is 31.5 Å². The van der Waals surface area contributed by atoms with Gasteiger partial charge in [-0.1, -0.05) is 36.2 Å². The second kappa shape index (κ2) is 5.79. The van der Waals surface area contributed by atoms with Gasteiger partial charge in [-0.25, -0.2) is 0 Å². The summed E-state index contributed by atoms with van der Waals surface area (Å²) in [5.74, 6) is 0.874. The van der Waals surface area contributed by atoms with Crippen molar-refractivity contribution in [3.8, 4) is 11.5 Å². The van der Waals surface area contributed by atoms with Crippen LogP contribution in [0.15, 0.2) is 39.6 Å². The van der Waals surface area contributed by atoms with Gasteiger partial charge >= 0.3 is 0 Å². The maximum atomic E-state index is 11.8. The summed E-state index contributed by atoms with van der Waals surface area (Å²) in [6.07, 6.45) is 3.88. The van der Waals surface area contributed by atoms with E-state index in [-0.39, 0.29) is 18.0 Å². The number of benzene rings is 1. The fraction of sp³-hybridized carbons (Fsp3) is 0.312. The van der Waals surface area contributed by atoms with Gasteiger partial charge in [0.25, 0.3) is 5.89 Å². The Balaban J connectivity index is 0.00000156. The second-order valence-electron chi connectivity index (χ2n) is 5.88. The highest BCUT2D eigenvalue weighted by atomic mass is 35.5. The molecule has 1 aliphatic rings. The molecule has 1 aromatic carbocycles. The zero-order valence-corrected chi connectivity index (χ0v) is 13.2. The van der Waals surface area contributed by atoms with Gasteiger partial charge in [-0.15, -0.1) is 12.4 Å². The van der Waals surface area contributed by atoms with Crippen LogP contribution in [0.25, 0.3) is 22.4 Å². The first-order chi connectivity index (χ1) is 10.7. The minimum absolute atomic E-state index is 0. The highest BCUT2D eigenvalue weighted by Crippen LogP contribution is 2.35. The molecule has 0 aliphatic heterocycles. The van der Waals surface area contributed by atoms with Crippen LogP contribution < -0.4 is 11.3 Å². The van der Waals surface area contributed by atoms with Crippen LogP contribution in [-0.2, 0) is 5.54 Å². The molecule has 0 atom stereocenters. The topological polar surface area (TPSA) is 97.8 Å². The van der Waals surface area contributed by atoms with Gasteiger partial charge in [0.2, 0.25) is 5.56 Å². The number of rotatable bonds is 2. The highest BCUT2D eigenvalue weighted by Gasteiger charge is 2.36. The van der Waals surface area contributed by atoms with Crippen molar-refractivity contribution in [1.29, 1.82) is 0 Å². The SMILES string of the molecule is Cl.NC1(c2noc(-c3cc(=O)[nH]c4ccccc34)n2)CCCC1. The molecule has 0 saturated heterocycles. The minimum Gasteiger partial charge on any atom is -0.334 e. The number of aromatic amines is 1. The molecular weight excluding hydrogens is 316 g/mol. The average Bonchev–Trinajstić information content (AvgIpc) is 3.16. The third kappa shape index (κ3) is 2.64. The van der Waals surface area contributed by atoms with E-state index in [1.807, 2.05) is 24.3 Å². The molecule has 1 fully saturated rings. The standard InChI is InChI=1S/C16H16N4O2.ClH/c17-16(7-3-4-8-16)15-19-14(22-20-15)11-9-13(21)18-12-6-2-1-5-10(11)12;/h1-2,5-6,9H,3-4,7-8,17H2,(H,18,21);1H. The minimum atomic E-state index is -0.501. The number of hydrogen-bond acceptors (Lipinski definition) is 5. The lowest BCUT2D eigenvalue weighted by atomic mass is 9.98. The third-order valence-electron chi connectivity index (χ3n) is 4.35. The fourth-order valence-electron chi connectivity index (χ4n) is 3.15. The number of H-pyrrole nitrogens is 1. The first-order valence-corrected chi connectivity index (χ1v) is 7.41. The Morgan fingerprint density at radius 1 is 1.22 bits per heavy atom. The lowest BCUT2D eigenvalue weighted by Crippen LogP contribution is -2.34. The van der Waals surface area contributed by atoms with E-state index in [2.05, 4.69) is 15.1 Å². The molecule has 0 bridgehead atoms. The number of pyridine rings is 1. The number of fused-ring (bicyclic) bond motifs is 1. The number of halogens is 1. The molecule has 3 aromatic rings. The molecule has 2 heterocycles. The van der Waals surface area contributed by atoms with Crippen LogP contribution in [0.5, 0.6) is 0 Å². The Labute approximate surface area is 138 Å². The van der Waals surface area contributed by atoms with Crippen LogP contribution in [0, 0.1) is 0 Å². The molecule has 4 rings (SSSR count). The smallest absolute Gasteiger partial charge is 0.258 e. The quantitative estimate of drug-likeness (QED) is 0.752. The number of para-hydroxylation sites is 1. The third-order valence-corrected chi connectivity index (χ3v) is 4.35. The molecule has 0 spiro atoms. The van der Waals surface area contributed by atoms with Crippen molar-refractivity contribution in [2.45, 2.75) is 31.2 Å². The number of nitrogens with two attached hydrogens (primary N) is 1. The molecule has 0 amide bonds. The Morgan fingerprint density at radius 3 is 2.74 bits per heavy atom. The second-order valence-corrected chi connectivity index (χ2v) is 5.88. The van der Waals surface area contributed by atoms with E-state index in [0.717, 1.165) is 36.6 Å². The van der Waals surface area contributed by atoms with Gasteiger partial charge in [0.15, 0.2) is 5.82 Å². The van der Waals surface area contributed by atoms with Crippen molar-refractivity contribution in [1.82, 2.24) is 15.1 Å². The highest BCUT2D eigenvalue weighted by molar-refractivity contribution is 5.91. The number of aromatic nitrogens is 3. The van der Waals surface area contributed by atoms with E-state index in [0.29, 0.717) is 17.3 Å². The summed E-state index contributed by atoms with van der Waals surface area (Å²) in [6, 6.07) is 9.02. The molecule has 1 aliphatic carbocycles. The van der Waals surface area contributed by atoms with Crippen molar-refractivity contribution in [2.75, 3.05) is 0 Å². The fourth-order valence-corrected chi connectivity index (χ4v) is 3.15. The Morgan fingerprint density at radius 2 is 1.96 bits per heavy atom. The molecule has 2 aromatic heterocycles. The molecule has 6 nitrogen and oxygen atoms in total.